The van der Waals surface area contributed by atoms with Gasteiger partial charge in [-0.15, -0.1) is 26.6 Å². The Morgan fingerprint density at radius 3 is 2.79 bits per heavy atom. The van der Waals surface area contributed by atoms with Gasteiger partial charge in [0.05, 0.1) is 33.8 Å². The highest BCUT2D eigenvalue weighted by atomic mass is 32.1. The lowest BCUT2D eigenvalue weighted by Crippen LogP contribution is -2.05. The molecule has 142 valence electrons. The number of aromatic nitrogens is 6. The van der Waals surface area contributed by atoms with E-state index in [2.05, 4.69) is 25.5 Å². The summed E-state index contributed by atoms with van der Waals surface area (Å²) in [6.45, 7) is -0.00283. The van der Waals surface area contributed by atoms with Gasteiger partial charge in [-0.2, -0.15) is 8.78 Å². The Balaban J connectivity index is 1.53. The topological polar surface area (TPSA) is 99.6 Å². The van der Waals surface area contributed by atoms with E-state index in [1.807, 2.05) is 0 Å². The smallest absolute Gasteiger partial charge is 0.314 e. The molecule has 0 bridgehead atoms. The number of hydrogen-bond acceptors (Lipinski definition) is 8. The Morgan fingerprint density at radius 2 is 2.11 bits per heavy atom. The molecule has 0 saturated heterocycles. The molecular formula is C16H9F3N6O2S. The monoisotopic (exact) mass is 406 g/mol. The lowest BCUT2D eigenvalue weighted by Gasteiger charge is -2.03. The van der Waals surface area contributed by atoms with Crippen molar-refractivity contribution in [3.8, 4) is 22.0 Å². The van der Waals surface area contributed by atoms with E-state index in [4.69, 9.17) is 4.42 Å². The number of carbonyl (C=O) groups is 1. The molecule has 0 unspecified atom stereocenters. The highest BCUT2D eigenvalue weighted by Crippen LogP contribution is 2.26. The molecule has 0 aliphatic rings. The molecule has 12 heteroatoms. The molecular weight excluding hydrogens is 397 g/mol. The Labute approximate surface area is 158 Å². The van der Waals surface area contributed by atoms with E-state index >= 15 is 0 Å². The van der Waals surface area contributed by atoms with Crippen molar-refractivity contribution in [3.63, 3.8) is 0 Å². The predicted molar refractivity (Wildman–Crippen MR) is 90.3 cm³/mol. The third-order valence-electron chi connectivity index (χ3n) is 3.64. The van der Waals surface area contributed by atoms with Gasteiger partial charge in [-0.1, -0.05) is 5.21 Å². The standard InChI is InChI=1S/C16H9F3N6O2S/c17-10-3-8(15-22-23-16(27-15)14(18)19)4-20-11(10)5-25-6-12(21-24-25)13-2-1-9(7-26)28-13/h1-4,6-7,14H,5H2. The van der Waals surface area contributed by atoms with Gasteiger partial charge in [-0.05, 0) is 18.2 Å². The summed E-state index contributed by atoms with van der Waals surface area (Å²) in [7, 11) is 0. The van der Waals surface area contributed by atoms with Gasteiger partial charge < -0.3 is 4.42 Å². The van der Waals surface area contributed by atoms with E-state index in [-0.39, 0.29) is 23.7 Å². The van der Waals surface area contributed by atoms with E-state index < -0.39 is 18.1 Å². The Kier molecular flexibility index (Phi) is 4.69. The Morgan fingerprint density at radius 1 is 1.25 bits per heavy atom. The number of thiophene rings is 1. The van der Waals surface area contributed by atoms with Crippen LogP contribution in [0.4, 0.5) is 13.2 Å². The van der Waals surface area contributed by atoms with Crippen LogP contribution in [-0.2, 0) is 6.54 Å². The summed E-state index contributed by atoms with van der Waals surface area (Å²) in [5, 5.41) is 14.6. The van der Waals surface area contributed by atoms with Crippen LogP contribution in [0.5, 0.6) is 0 Å². The van der Waals surface area contributed by atoms with Crippen molar-refractivity contribution in [2.24, 2.45) is 0 Å². The van der Waals surface area contributed by atoms with E-state index in [1.165, 1.54) is 22.2 Å². The molecule has 4 heterocycles. The molecule has 4 aromatic heterocycles. The van der Waals surface area contributed by atoms with Crippen molar-refractivity contribution in [1.29, 1.82) is 0 Å². The van der Waals surface area contributed by atoms with Crippen LogP contribution in [-0.4, -0.2) is 36.5 Å². The first-order chi connectivity index (χ1) is 13.5. The maximum absolute atomic E-state index is 14.4. The summed E-state index contributed by atoms with van der Waals surface area (Å²) >= 11 is 1.26. The maximum Gasteiger partial charge on any atom is 0.314 e. The summed E-state index contributed by atoms with van der Waals surface area (Å²) in [6.07, 6.45) is 0.676. The molecule has 0 aromatic carbocycles. The van der Waals surface area contributed by atoms with Crippen molar-refractivity contribution in [3.05, 3.63) is 52.9 Å². The molecule has 0 radical (unpaired) electrons. The fourth-order valence-electron chi connectivity index (χ4n) is 2.33. The minimum absolute atomic E-state index is 0.00283. The first-order valence-electron chi connectivity index (χ1n) is 7.75. The second kappa shape index (κ2) is 7.31. The van der Waals surface area contributed by atoms with Gasteiger partial charge in [-0.3, -0.25) is 9.78 Å². The Hall–Kier alpha value is -3.41. The van der Waals surface area contributed by atoms with E-state index in [0.29, 0.717) is 10.6 Å². The van der Waals surface area contributed by atoms with E-state index in [0.717, 1.165) is 17.2 Å². The zero-order valence-electron chi connectivity index (χ0n) is 13.8. The number of nitrogens with zero attached hydrogens (tertiary/aromatic N) is 6. The Bertz CT molecular complexity index is 1140. The normalized spacial score (nSPS) is 11.3. The second-order valence-corrected chi connectivity index (χ2v) is 6.64. The van der Waals surface area contributed by atoms with Crippen molar-refractivity contribution in [2.45, 2.75) is 13.0 Å². The molecule has 0 amide bonds. The van der Waals surface area contributed by atoms with Crippen LogP contribution < -0.4 is 0 Å². The minimum atomic E-state index is -2.91. The third kappa shape index (κ3) is 3.53. The lowest BCUT2D eigenvalue weighted by molar-refractivity contribution is 0.112. The quantitative estimate of drug-likeness (QED) is 0.453. The van der Waals surface area contributed by atoms with Crippen LogP contribution in [0.25, 0.3) is 22.0 Å². The van der Waals surface area contributed by atoms with Crippen LogP contribution in [0.15, 0.2) is 35.0 Å². The van der Waals surface area contributed by atoms with Crippen LogP contribution in [0.3, 0.4) is 0 Å². The van der Waals surface area contributed by atoms with Gasteiger partial charge in [0.1, 0.15) is 11.5 Å². The van der Waals surface area contributed by atoms with E-state index in [1.54, 1.807) is 18.3 Å². The molecule has 0 fully saturated rings. The molecule has 28 heavy (non-hydrogen) atoms. The van der Waals surface area contributed by atoms with Crippen molar-refractivity contribution in [2.75, 3.05) is 0 Å². The van der Waals surface area contributed by atoms with Gasteiger partial charge >= 0.3 is 6.43 Å². The third-order valence-corrected chi connectivity index (χ3v) is 4.67. The molecule has 4 aromatic rings. The number of rotatable bonds is 6. The van der Waals surface area contributed by atoms with Crippen molar-refractivity contribution >= 4 is 17.6 Å². The van der Waals surface area contributed by atoms with Gasteiger partial charge in [0, 0.05) is 6.20 Å². The number of alkyl halides is 2. The molecule has 0 aliphatic carbocycles. The summed E-state index contributed by atoms with van der Waals surface area (Å²) in [5.41, 5.74) is 0.689. The molecule has 8 nitrogen and oxygen atoms in total. The van der Waals surface area contributed by atoms with Gasteiger partial charge in [0.2, 0.25) is 5.89 Å². The minimum Gasteiger partial charge on any atom is -0.415 e. The first-order valence-corrected chi connectivity index (χ1v) is 8.57. The molecule has 0 saturated carbocycles. The largest absolute Gasteiger partial charge is 0.415 e. The zero-order chi connectivity index (χ0) is 19.7. The second-order valence-electron chi connectivity index (χ2n) is 5.52. The molecule has 4 rings (SSSR count). The van der Waals surface area contributed by atoms with Crippen molar-refractivity contribution < 1.29 is 22.4 Å². The number of hydrogen-bond donors (Lipinski definition) is 0. The van der Waals surface area contributed by atoms with Crippen LogP contribution in [0, 0.1) is 5.82 Å². The summed E-state index contributed by atoms with van der Waals surface area (Å²) in [4.78, 5) is 16.1. The molecule has 0 aliphatic heterocycles. The molecule has 0 atom stereocenters. The summed E-state index contributed by atoms with van der Waals surface area (Å²) < 4.78 is 45.6. The molecule has 0 spiro atoms. The number of aldehydes is 1. The van der Waals surface area contributed by atoms with Crippen molar-refractivity contribution in [1.82, 2.24) is 30.2 Å². The van der Waals surface area contributed by atoms with Crippen LogP contribution in [0.2, 0.25) is 0 Å². The number of pyridine rings is 1. The SMILES string of the molecule is O=Cc1ccc(-c2cn(Cc3ncc(-c4nnc(C(F)F)o4)cc3F)nn2)s1. The summed E-state index contributed by atoms with van der Waals surface area (Å²) in [6, 6.07) is 4.48. The zero-order valence-corrected chi connectivity index (χ0v) is 14.6. The highest BCUT2D eigenvalue weighted by Gasteiger charge is 2.18. The molecule has 0 N–H and O–H groups in total. The number of carbonyl (C=O) groups excluding carboxylic acids is 1. The van der Waals surface area contributed by atoms with Crippen LogP contribution >= 0.6 is 11.3 Å². The fourth-order valence-corrected chi connectivity index (χ4v) is 3.11. The van der Waals surface area contributed by atoms with Crippen LogP contribution in [0.1, 0.15) is 27.7 Å². The lowest BCUT2D eigenvalue weighted by atomic mass is 10.2. The average molecular weight is 406 g/mol. The summed E-state index contributed by atoms with van der Waals surface area (Å²) in [5.74, 6) is -1.79. The fraction of sp³-hybridized carbons (Fsp3) is 0.125. The first kappa shape index (κ1) is 18.0. The number of halogens is 3. The van der Waals surface area contributed by atoms with E-state index in [9.17, 15) is 18.0 Å². The maximum atomic E-state index is 14.4. The predicted octanol–water partition coefficient (Wildman–Crippen LogP) is 3.39. The average Bonchev–Trinajstić information content (AvgIpc) is 3.43. The van der Waals surface area contributed by atoms with Gasteiger partial charge in [0.25, 0.3) is 5.89 Å². The van der Waals surface area contributed by atoms with Gasteiger partial charge in [0.15, 0.2) is 6.29 Å². The van der Waals surface area contributed by atoms with Gasteiger partial charge in [-0.25, -0.2) is 9.07 Å². The highest BCUT2D eigenvalue weighted by molar-refractivity contribution is 7.17.